The summed E-state index contributed by atoms with van der Waals surface area (Å²) in [7, 11) is 0. The number of aromatic nitrogens is 3. The van der Waals surface area contributed by atoms with E-state index in [4.69, 9.17) is 4.74 Å². The number of ether oxygens (including phenoxy) is 1. The Morgan fingerprint density at radius 3 is 2.63 bits per heavy atom. The van der Waals surface area contributed by atoms with E-state index in [2.05, 4.69) is 15.6 Å². The number of carbonyl (C=O) groups is 2. The maximum atomic E-state index is 11.8. The molecule has 1 N–H and O–H groups in total. The molecule has 8 heteroatoms. The lowest BCUT2D eigenvalue weighted by Crippen LogP contribution is -2.33. The predicted octanol–water partition coefficient (Wildman–Crippen LogP) is 0.715. The van der Waals surface area contributed by atoms with E-state index >= 15 is 0 Å². The molecule has 0 aromatic carbocycles. The molecule has 0 unspecified atom stereocenters. The van der Waals surface area contributed by atoms with E-state index in [9.17, 15) is 9.59 Å². The van der Waals surface area contributed by atoms with Gasteiger partial charge in [-0.25, -0.2) is 9.48 Å². The average Bonchev–Trinajstić information content (AvgIpc) is 2.78. The number of likely N-dealkylation sites (N-methyl/N-ethyl adjacent to an activating group) is 1. The summed E-state index contributed by atoms with van der Waals surface area (Å²) in [4.78, 5) is 24.7. The van der Waals surface area contributed by atoms with Crippen molar-refractivity contribution < 1.29 is 14.3 Å². The highest BCUT2D eigenvalue weighted by atomic mass is 16.5. The van der Waals surface area contributed by atoms with Crippen molar-refractivity contribution in [3.63, 3.8) is 0 Å². The number of nitrogens with zero attached hydrogens (tertiary/aromatic N) is 4. The summed E-state index contributed by atoms with van der Waals surface area (Å²) in [6.45, 7) is 7.21. The van der Waals surface area contributed by atoms with E-state index in [1.54, 1.807) is 11.8 Å². The second kappa shape index (κ2) is 7.34. The molecule has 8 nitrogen and oxygen atoms in total. The fourth-order valence-corrected chi connectivity index (χ4v) is 1.52. The van der Waals surface area contributed by atoms with Gasteiger partial charge >= 0.3 is 6.09 Å². The van der Waals surface area contributed by atoms with Crippen LogP contribution in [0.5, 0.6) is 0 Å². The highest BCUT2D eigenvalue weighted by Gasteiger charge is 2.12. The summed E-state index contributed by atoms with van der Waals surface area (Å²) in [6.07, 6.45) is 0.891. The van der Waals surface area contributed by atoms with Crippen molar-refractivity contribution in [1.29, 1.82) is 0 Å². The Morgan fingerprint density at radius 2 is 2.05 bits per heavy atom. The number of nitrogens with one attached hydrogen (secondary N) is 1. The van der Waals surface area contributed by atoms with Crippen molar-refractivity contribution in [3.05, 3.63) is 6.20 Å². The minimum Gasteiger partial charge on any atom is -0.450 e. The van der Waals surface area contributed by atoms with Crippen molar-refractivity contribution in [2.75, 3.05) is 25.0 Å². The SMILES string of the molecule is CCOC(=O)Nc1cn(CC(=O)N(CC)CC)nn1. The van der Waals surface area contributed by atoms with Gasteiger partial charge in [-0.15, -0.1) is 5.10 Å². The Balaban J connectivity index is 2.55. The fourth-order valence-electron chi connectivity index (χ4n) is 1.52. The summed E-state index contributed by atoms with van der Waals surface area (Å²) in [5.74, 6) is 0.211. The quantitative estimate of drug-likeness (QED) is 0.821. The second-order valence-corrected chi connectivity index (χ2v) is 3.71. The number of hydrogen-bond donors (Lipinski definition) is 1. The van der Waals surface area contributed by atoms with Crippen LogP contribution in [0.25, 0.3) is 0 Å². The number of amides is 2. The molecular weight excluding hydrogens is 250 g/mol. The highest BCUT2D eigenvalue weighted by molar-refractivity contribution is 5.83. The number of anilines is 1. The van der Waals surface area contributed by atoms with Crippen LogP contribution < -0.4 is 5.32 Å². The highest BCUT2D eigenvalue weighted by Crippen LogP contribution is 2.02. The molecule has 0 bridgehead atoms. The van der Waals surface area contributed by atoms with Gasteiger partial charge in [0.25, 0.3) is 0 Å². The standard InChI is InChI=1S/C11H19N5O3/c1-4-15(5-2)10(17)8-16-7-9(13-14-16)12-11(18)19-6-3/h7H,4-6,8H2,1-3H3,(H,12,18). The third kappa shape index (κ3) is 4.57. The third-order valence-electron chi connectivity index (χ3n) is 2.46. The van der Waals surface area contributed by atoms with Crippen LogP contribution >= 0.6 is 0 Å². The molecule has 0 radical (unpaired) electrons. The average molecular weight is 269 g/mol. The van der Waals surface area contributed by atoms with Crippen LogP contribution in [0, 0.1) is 0 Å². The van der Waals surface area contributed by atoms with Gasteiger partial charge in [-0.05, 0) is 20.8 Å². The van der Waals surface area contributed by atoms with Gasteiger partial charge in [-0.1, -0.05) is 5.21 Å². The van der Waals surface area contributed by atoms with Gasteiger partial charge in [0.15, 0.2) is 5.82 Å². The molecule has 1 heterocycles. The zero-order chi connectivity index (χ0) is 14.3. The number of rotatable bonds is 6. The van der Waals surface area contributed by atoms with Gasteiger partial charge in [0.2, 0.25) is 5.91 Å². The third-order valence-corrected chi connectivity index (χ3v) is 2.46. The molecule has 106 valence electrons. The monoisotopic (exact) mass is 269 g/mol. The Kier molecular flexibility index (Phi) is 5.77. The van der Waals surface area contributed by atoms with Crippen LogP contribution in [-0.4, -0.2) is 51.6 Å². The van der Waals surface area contributed by atoms with E-state index in [1.807, 2.05) is 13.8 Å². The van der Waals surface area contributed by atoms with Crippen molar-refractivity contribution in [1.82, 2.24) is 19.9 Å². The summed E-state index contributed by atoms with van der Waals surface area (Å²) in [6, 6.07) is 0. The van der Waals surface area contributed by atoms with Crippen LogP contribution in [0.2, 0.25) is 0 Å². The maximum absolute atomic E-state index is 11.8. The molecule has 0 aliphatic carbocycles. The number of carbonyl (C=O) groups excluding carboxylic acids is 2. The first-order valence-corrected chi connectivity index (χ1v) is 6.22. The summed E-state index contributed by atoms with van der Waals surface area (Å²) < 4.78 is 6.08. The van der Waals surface area contributed by atoms with Crippen LogP contribution in [0.3, 0.4) is 0 Å². The lowest BCUT2D eigenvalue weighted by Gasteiger charge is -2.17. The van der Waals surface area contributed by atoms with Crippen LogP contribution in [0.1, 0.15) is 20.8 Å². The zero-order valence-electron chi connectivity index (χ0n) is 11.4. The zero-order valence-corrected chi connectivity index (χ0v) is 11.4. The molecule has 0 saturated carbocycles. The number of hydrogen-bond acceptors (Lipinski definition) is 5. The van der Waals surface area contributed by atoms with Crippen molar-refractivity contribution >= 4 is 17.8 Å². The predicted molar refractivity (Wildman–Crippen MR) is 68.6 cm³/mol. The first-order valence-electron chi connectivity index (χ1n) is 6.22. The normalized spacial score (nSPS) is 10.1. The topological polar surface area (TPSA) is 89.4 Å². The van der Waals surface area contributed by atoms with E-state index in [0.29, 0.717) is 13.1 Å². The molecule has 0 saturated heterocycles. The second-order valence-electron chi connectivity index (χ2n) is 3.71. The van der Waals surface area contributed by atoms with Crippen LogP contribution in [-0.2, 0) is 16.1 Å². The minimum absolute atomic E-state index is 0.0439. The summed E-state index contributed by atoms with van der Waals surface area (Å²) >= 11 is 0. The molecule has 19 heavy (non-hydrogen) atoms. The Bertz CT molecular complexity index is 428. The molecule has 1 rings (SSSR count). The Morgan fingerprint density at radius 1 is 1.37 bits per heavy atom. The first kappa shape index (κ1) is 14.9. The molecule has 2 amide bonds. The summed E-state index contributed by atoms with van der Waals surface area (Å²) in [5, 5.41) is 9.92. The van der Waals surface area contributed by atoms with E-state index in [-0.39, 0.29) is 24.9 Å². The molecule has 0 aliphatic heterocycles. The van der Waals surface area contributed by atoms with Gasteiger partial charge in [0.05, 0.1) is 12.8 Å². The van der Waals surface area contributed by atoms with E-state index in [0.717, 1.165) is 0 Å². The smallest absolute Gasteiger partial charge is 0.412 e. The Labute approximate surface area is 111 Å². The molecule has 0 aliphatic rings. The lowest BCUT2D eigenvalue weighted by atomic mass is 10.4. The largest absolute Gasteiger partial charge is 0.450 e. The van der Waals surface area contributed by atoms with Crippen LogP contribution in [0.4, 0.5) is 10.6 Å². The van der Waals surface area contributed by atoms with Crippen molar-refractivity contribution in [2.45, 2.75) is 27.3 Å². The van der Waals surface area contributed by atoms with E-state index < -0.39 is 6.09 Å². The molecule has 0 atom stereocenters. The van der Waals surface area contributed by atoms with Gasteiger partial charge in [-0.2, -0.15) is 0 Å². The van der Waals surface area contributed by atoms with Gasteiger partial charge < -0.3 is 9.64 Å². The minimum atomic E-state index is -0.593. The Hall–Kier alpha value is -2.12. The van der Waals surface area contributed by atoms with Gasteiger partial charge in [0.1, 0.15) is 6.54 Å². The van der Waals surface area contributed by atoms with Crippen LogP contribution in [0.15, 0.2) is 6.20 Å². The lowest BCUT2D eigenvalue weighted by molar-refractivity contribution is -0.131. The van der Waals surface area contributed by atoms with Gasteiger partial charge in [-0.3, -0.25) is 10.1 Å². The van der Waals surface area contributed by atoms with Crippen molar-refractivity contribution in [2.24, 2.45) is 0 Å². The van der Waals surface area contributed by atoms with Gasteiger partial charge in [0, 0.05) is 13.1 Å². The maximum Gasteiger partial charge on any atom is 0.412 e. The molecular formula is C11H19N5O3. The van der Waals surface area contributed by atoms with E-state index in [1.165, 1.54) is 10.9 Å². The molecule has 1 aromatic rings. The molecule has 0 spiro atoms. The fraction of sp³-hybridized carbons (Fsp3) is 0.636. The molecule has 1 aromatic heterocycles. The summed E-state index contributed by atoms with van der Waals surface area (Å²) in [5.41, 5.74) is 0. The van der Waals surface area contributed by atoms with Crippen molar-refractivity contribution in [3.8, 4) is 0 Å². The molecule has 0 fully saturated rings. The first-order chi connectivity index (χ1) is 9.10.